The number of rotatable bonds is 10. The third kappa shape index (κ3) is 6.07. The lowest BCUT2D eigenvalue weighted by Gasteiger charge is -2.23. The molecule has 1 atom stereocenters. The Bertz CT molecular complexity index is 741. The number of aliphatic hydroxyl groups excluding tert-OH is 1. The molecule has 0 aliphatic carbocycles. The van der Waals surface area contributed by atoms with Crippen LogP contribution in [-0.4, -0.2) is 61.1 Å². The molecule has 0 spiro atoms. The Hall–Kier alpha value is -2.91. The highest BCUT2D eigenvalue weighted by molar-refractivity contribution is 5.98. The Kier molecular flexibility index (Phi) is 8.44. The number of urea groups is 1. The number of carbonyl (C=O) groups is 1. The molecular formula is C19H27N5O4. The number of ether oxygens (including phenoxy) is 2. The topological polar surface area (TPSA) is 109 Å². The van der Waals surface area contributed by atoms with E-state index in [0.29, 0.717) is 42.8 Å². The molecule has 2 aromatic rings. The summed E-state index contributed by atoms with van der Waals surface area (Å²) in [5.41, 5.74) is 0.622. The zero-order valence-electron chi connectivity index (χ0n) is 16.4. The monoisotopic (exact) mass is 389 g/mol. The molecule has 0 radical (unpaired) electrons. The zero-order chi connectivity index (χ0) is 20.4. The summed E-state index contributed by atoms with van der Waals surface area (Å²) in [6.45, 7) is 2.80. The first-order valence-corrected chi connectivity index (χ1v) is 9.00. The van der Waals surface area contributed by atoms with Crippen LogP contribution in [0.25, 0.3) is 0 Å². The number of methoxy groups -OCH3 is 2. The van der Waals surface area contributed by atoms with E-state index in [1.165, 1.54) is 4.90 Å². The van der Waals surface area contributed by atoms with E-state index in [2.05, 4.69) is 20.6 Å². The lowest BCUT2D eigenvalue weighted by atomic mass is 10.2. The van der Waals surface area contributed by atoms with Crippen LogP contribution in [0.15, 0.2) is 36.5 Å². The normalized spacial score (nSPS) is 11.6. The largest absolute Gasteiger partial charge is 0.497 e. The van der Waals surface area contributed by atoms with E-state index >= 15 is 0 Å². The Morgan fingerprint density at radius 1 is 1.25 bits per heavy atom. The molecule has 9 heteroatoms. The maximum absolute atomic E-state index is 12.8. The summed E-state index contributed by atoms with van der Waals surface area (Å²) in [7, 11) is 3.20. The number of aromatic nitrogens is 2. The van der Waals surface area contributed by atoms with Gasteiger partial charge in [0.2, 0.25) is 5.95 Å². The second kappa shape index (κ2) is 11.1. The molecule has 0 aliphatic rings. The fourth-order valence-electron chi connectivity index (χ4n) is 2.49. The fraction of sp³-hybridized carbons (Fsp3) is 0.421. The highest BCUT2D eigenvalue weighted by Gasteiger charge is 2.20. The molecule has 0 saturated heterocycles. The van der Waals surface area contributed by atoms with Gasteiger partial charge in [0.1, 0.15) is 11.6 Å². The van der Waals surface area contributed by atoms with E-state index in [9.17, 15) is 4.79 Å². The lowest BCUT2D eigenvalue weighted by Crippen LogP contribution is -2.38. The Balaban J connectivity index is 2.30. The van der Waals surface area contributed by atoms with E-state index in [1.807, 2.05) is 6.92 Å². The minimum atomic E-state index is -0.354. The van der Waals surface area contributed by atoms with Gasteiger partial charge >= 0.3 is 6.03 Å². The second-order valence-corrected chi connectivity index (χ2v) is 6.08. The van der Waals surface area contributed by atoms with Crippen molar-refractivity contribution in [2.45, 2.75) is 19.4 Å². The van der Waals surface area contributed by atoms with Crippen molar-refractivity contribution in [3.63, 3.8) is 0 Å². The standard InChI is InChI=1S/C19H27N5O4/c1-14(13-27-2)22-18-20-11-9-17(23-18)24(19(26)21-10-4-12-25)15-5-7-16(28-3)8-6-15/h5-9,11,14,25H,4,10,12-13H2,1-3H3,(H,21,26)(H,20,22,23)/t14-/m0/s1. The van der Waals surface area contributed by atoms with Crippen LogP contribution in [0.4, 0.5) is 22.2 Å². The molecular weight excluding hydrogens is 362 g/mol. The molecule has 9 nitrogen and oxygen atoms in total. The first-order chi connectivity index (χ1) is 13.6. The Labute approximate surface area is 164 Å². The molecule has 0 bridgehead atoms. The SMILES string of the molecule is COC[C@H](C)Nc1nccc(N(C(=O)NCCCO)c2ccc(OC)cc2)n1. The molecule has 2 amide bonds. The number of nitrogens with zero attached hydrogens (tertiary/aromatic N) is 3. The number of anilines is 3. The van der Waals surface area contributed by atoms with Crippen molar-refractivity contribution < 1.29 is 19.4 Å². The van der Waals surface area contributed by atoms with E-state index in [4.69, 9.17) is 14.6 Å². The highest BCUT2D eigenvalue weighted by atomic mass is 16.5. The van der Waals surface area contributed by atoms with Gasteiger partial charge < -0.3 is 25.2 Å². The average Bonchev–Trinajstić information content (AvgIpc) is 2.69. The van der Waals surface area contributed by atoms with Crippen molar-refractivity contribution in [2.75, 3.05) is 44.2 Å². The first kappa shape index (κ1) is 21.4. The highest BCUT2D eigenvalue weighted by Crippen LogP contribution is 2.26. The van der Waals surface area contributed by atoms with E-state index in [-0.39, 0.29) is 18.7 Å². The van der Waals surface area contributed by atoms with Gasteiger partial charge in [-0.25, -0.2) is 14.7 Å². The first-order valence-electron chi connectivity index (χ1n) is 9.00. The van der Waals surface area contributed by atoms with Gasteiger partial charge in [0.05, 0.1) is 19.4 Å². The molecule has 0 fully saturated rings. The van der Waals surface area contributed by atoms with Crippen LogP contribution < -0.4 is 20.3 Å². The Morgan fingerprint density at radius 2 is 2.00 bits per heavy atom. The number of hydrogen-bond donors (Lipinski definition) is 3. The van der Waals surface area contributed by atoms with Crippen molar-refractivity contribution in [3.05, 3.63) is 36.5 Å². The van der Waals surface area contributed by atoms with Gasteiger partial charge in [-0.15, -0.1) is 0 Å². The predicted octanol–water partition coefficient (Wildman–Crippen LogP) is 2.16. The zero-order valence-corrected chi connectivity index (χ0v) is 16.4. The minimum Gasteiger partial charge on any atom is -0.497 e. The molecule has 0 saturated carbocycles. The van der Waals surface area contributed by atoms with Crippen LogP contribution in [0.5, 0.6) is 5.75 Å². The maximum atomic E-state index is 12.8. The van der Waals surface area contributed by atoms with Gasteiger partial charge in [0, 0.05) is 38.6 Å². The second-order valence-electron chi connectivity index (χ2n) is 6.08. The molecule has 0 unspecified atom stereocenters. The summed E-state index contributed by atoms with van der Waals surface area (Å²) < 4.78 is 10.3. The molecule has 28 heavy (non-hydrogen) atoms. The van der Waals surface area contributed by atoms with E-state index in [0.717, 1.165) is 0 Å². The fourth-order valence-corrected chi connectivity index (χ4v) is 2.49. The Morgan fingerprint density at radius 3 is 2.64 bits per heavy atom. The molecule has 152 valence electrons. The average molecular weight is 389 g/mol. The third-order valence-corrected chi connectivity index (χ3v) is 3.81. The van der Waals surface area contributed by atoms with Gasteiger partial charge in [0.25, 0.3) is 0 Å². The van der Waals surface area contributed by atoms with Crippen LogP contribution in [0, 0.1) is 0 Å². The molecule has 1 aromatic heterocycles. The van der Waals surface area contributed by atoms with Crippen LogP contribution in [0.3, 0.4) is 0 Å². The molecule has 3 N–H and O–H groups in total. The van der Waals surface area contributed by atoms with Crippen molar-refractivity contribution in [3.8, 4) is 5.75 Å². The number of carbonyl (C=O) groups excluding carboxylic acids is 1. The van der Waals surface area contributed by atoms with Gasteiger partial charge in [-0.1, -0.05) is 0 Å². The third-order valence-electron chi connectivity index (χ3n) is 3.81. The van der Waals surface area contributed by atoms with Crippen LogP contribution in [-0.2, 0) is 4.74 Å². The molecule has 0 aliphatic heterocycles. The molecule has 1 aromatic carbocycles. The minimum absolute atomic E-state index is 0.00176. The van der Waals surface area contributed by atoms with E-state index < -0.39 is 0 Å². The van der Waals surface area contributed by atoms with Crippen molar-refractivity contribution >= 4 is 23.5 Å². The number of aliphatic hydroxyl groups is 1. The van der Waals surface area contributed by atoms with E-state index in [1.54, 1.807) is 50.7 Å². The number of nitrogens with one attached hydrogen (secondary N) is 2. The smallest absolute Gasteiger partial charge is 0.327 e. The summed E-state index contributed by atoms with van der Waals surface area (Å²) in [5.74, 6) is 1.49. The van der Waals surface area contributed by atoms with Crippen molar-refractivity contribution in [2.24, 2.45) is 0 Å². The molecule has 1 heterocycles. The summed E-state index contributed by atoms with van der Waals surface area (Å²) in [6, 6.07) is 8.39. The number of benzene rings is 1. The van der Waals surface area contributed by atoms with Crippen molar-refractivity contribution in [1.82, 2.24) is 15.3 Å². The summed E-state index contributed by atoms with van der Waals surface area (Å²) >= 11 is 0. The van der Waals surface area contributed by atoms with Crippen LogP contribution >= 0.6 is 0 Å². The summed E-state index contributed by atoms with van der Waals surface area (Å²) in [4.78, 5) is 22.9. The van der Waals surface area contributed by atoms with Crippen LogP contribution in [0.2, 0.25) is 0 Å². The van der Waals surface area contributed by atoms with Gasteiger partial charge in [-0.3, -0.25) is 0 Å². The number of hydrogen-bond acceptors (Lipinski definition) is 7. The van der Waals surface area contributed by atoms with Crippen LogP contribution in [0.1, 0.15) is 13.3 Å². The lowest BCUT2D eigenvalue weighted by molar-refractivity contribution is 0.190. The summed E-state index contributed by atoms with van der Waals surface area (Å²) in [5, 5.41) is 14.9. The summed E-state index contributed by atoms with van der Waals surface area (Å²) in [6.07, 6.45) is 2.05. The predicted molar refractivity (Wildman–Crippen MR) is 107 cm³/mol. The van der Waals surface area contributed by atoms with Gasteiger partial charge in [-0.2, -0.15) is 4.98 Å². The maximum Gasteiger partial charge on any atom is 0.327 e. The van der Waals surface area contributed by atoms with Gasteiger partial charge in [0.15, 0.2) is 0 Å². The van der Waals surface area contributed by atoms with Crippen molar-refractivity contribution in [1.29, 1.82) is 0 Å². The quantitative estimate of drug-likeness (QED) is 0.534. The number of amides is 2. The molecule has 2 rings (SSSR count). The van der Waals surface area contributed by atoms with Gasteiger partial charge in [-0.05, 0) is 37.6 Å².